The number of hydrogen-bond acceptors (Lipinski definition) is 2. The van der Waals surface area contributed by atoms with Gasteiger partial charge in [-0.25, -0.2) is 0 Å². The first-order valence-electron chi connectivity index (χ1n) is 6.84. The number of phenols is 2. The van der Waals surface area contributed by atoms with E-state index in [-0.39, 0.29) is 5.41 Å². The molecule has 0 radical (unpaired) electrons. The number of aromatic hydroxyl groups is 2. The van der Waals surface area contributed by atoms with Crippen LogP contribution in [0.1, 0.15) is 35.1 Å². The smallest absolute Gasteiger partial charge is 0.115 e. The van der Waals surface area contributed by atoms with E-state index in [0.29, 0.717) is 11.5 Å². The minimum Gasteiger partial charge on any atom is -0.508 e. The van der Waals surface area contributed by atoms with E-state index in [1.807, 2.05) is 12.1 Å². The molecule has 1 spiro atoms. The van der Waals surface area contributed by atoms with Crippen LogP contribution < -0.4 is 0 Å². The minimum atomic E-state index is 0.117. The highest BCUT2D eigenvalue weighted by molar-refractivity contribution is 5.56. The van der Waals surface area contributed by atoms with E-state index in [0.717, 1.165) is 25.7 Å². The van der Waals surface area contributed by atoms with Crippen molar-refractivity contribution in [3.63, 3.8) is 0 Å². The van der Waals surface area contributed by atoms with Crippen LogP contribution in [0.4, 0.5) is 0 Å². The molecule has 2 N–H and O–H groups in total. The van der Waals surface area contributed by atoms with Gasteiger partial charge in [0.05, 0.1) is 0 Å². The SMILES string of the molecule is Oc1ccc2c(c1)CCC21CCc2cc(O)ccc21. The van der Waals surface area contributed by atoms with Gasteiger partial charge in [0.15, 0.2) is 0 Å². The van der Waals surface area contributed by atoms with Crippen LogP contribution in [0.25, 0.3) is 0 Å². The molecule has 0 atom stereocenters. The molecule has 2 aromatic rings. The third-order valence-electron chi connectivity index (χ3n) is 4.85. The van der Waals surface area contributed by atoms with E-state index < -0.39 is 0 Å². The molecule has 0 aliphatic heterocycles. The van der Waals surface area contributed by atoms with Crippen LogP contribution in [-0.2, 0) is 18.3 Å². The lowest BCUT2D eigenvalue weighted by molar-refractivity contribution is 0.474. The molecule has 0 bridgehead atoms. The van der Waals surface area contributed by atoms with E-state index in [1.54, 1.807) is 12.1 Å². The van der Waals surface area contributed by atoms with Crippen LogP contribution in [0, 0.1) is 0 Å². The van der Waals surface area contributed by atoms with Crippen molar-refractivity contribution in [1.29, 1.82) is 0 Å². The van der Waals surface area contributed by atoms with Crippen molar-refractivity contribution in [2.75, 3.05) is 0 Å². The first-order chi connectivity index (χ1) is 9.19. The Labute approximate surface area is 112 Å². The molecule has 2 aliphatic rings. The molecule has 19 heavy (non-hydrogen) atoms. The fraction of sp³-hybridized carbons (Fsp3) is 0.294. The highest BCUT2D eigenvalue weighted by Gasteiger charge is 2.44. The predicted molar refractivity (Wildman–Crippen MR) is 73.6 cm³/mol. The molecule has 0 heterocycles. The zero-order valence-corrected chi connectivity index (χ0v) is 10.7. The summed E-state index contributed by atoms with van der Waals surface area (Å²) in [6.07, 6.45) is 4.29. The van der Waals surface area contributed by atoms with Gasteiger partial charge in [0.2, 0.25) is 0 Å². The van der Waals surface area contributed by atoms with Crippen LogP contribution in [0.5, 0.6) is 11.5 Å². The predicted octanol–water partition coefficient (Wildman–Crippen LogP) is 3.28. The van der Waals surface area contributed by atoms with Crippen molar-refractivity contribution in [1.82, 2.24) is 0 Å². The van der Waals surface area contributed by atoms with Gasteiger partial charge in [0.25, 0.3) is 0 Å². The first kappa shape index (κ1) is 10.9. The molecule has 0 amide bonds. The number of phenolic OH excluding ortho intramolecular Hbond substituents is 2. The molecule has 0 aromatic heterocycles. The van der Waals surface area contributed by atoms with Gasteiger partial charge in [0, 0.05) is 5.41 Å². The van der Waals surface area contributed by atoms with Crippen LogP contribution >= 0.6 is 0 Å². The molecule has 0 saturated heterocycles. The van der Waals surface area contributed by atoms with E-state index in [1.165, 1.54) is 22.3 Å². The second-order valence-electron chi connectivity index (χ2n) is 5.77. The summed E-state index contributed by atoms with van der Waals surface area (Å²) in [4.78, 5) is 0. The molecule has 0 unspecified atom stereocenters. The van der Waals surface area contributed by atoms with E-state index in [2.05, 4.69) is 12.1 Å². The Hall–Kier alpha value is -1.96. The Bertz CT molecular complexity index is 613. The summed E-state index contributed by atoms with van der Waals surface area (Å²) < 4.78 is 0. The van der Waals surface area contributed by atoms with E-state index >= 15 is 0 Å². The largest absolute Gasteiger partial charge is 0.508 e. The molecular formula is C17H16O2. The summed E-state index contributed by atoms with van der Waals surface area (Å²) in [5, 5.41) is 19.3. The molecule has 0 saturated carbocycles. The third kappa shape index (κ3) is 1.37. The topological polar surface area (TPSA) is 40.5 Å². The Morgan fingerprint density at radius 2 is 1.21 bits per heavy atom. The lowest BCUT2D eigenvalue weighted by atomic mass is 9.77. The van der Waals surface area contributed by atoms with Gasteiger partial charge >= 0.3 is 0 Å². The van der Waals surface area contributed by atoms with Crippen molar-refractivity contribution >= 4 is 0 Å². The third-order valence-corrected chi connectivity index (χ3v) is 4.85. The highest BCUT2D eigenvalue weighted by atomic mass is 16.3. The van der Waals surface area contributed by atoms with Gasteiger partial charge < -0.3 is 10.2 Å². The summed E-state index contributed by atoms with van der Waals surface area (Å²) in [5.74, 6) is 0.722. The van der Waals surface area contributed by atoms with Crippen LogP contribution in [0.2, 0.25) is 0 Å². The molecule has 2 heteroatoms. The average molecular weight is 252 g/mol. The van der Waals surface area contributed by atoms with Gasteiger partial charge in [0.1, 0.15) is 11.5 Å². The standard InChI is InChI=1S/C17H16O2/c18-13-1-3-15-11(9-13)5-7-17(15)8-6-12-10-14(19)2-4-16(12)17/h1-4,9-10,18-19H,5-8H2. The van der Waals surface area contributed by atoms with Crippen molar-refractivity contribution < 1.29 is 10.2 Å². The summed E-state index contributed by atoms with van der Waals surface area (Å²) >= 11 is 0. The lowest BCUT2D eigenvalue weighted by Gasteiger charge is -2.26. The van der Waals surface area contributed by atoms with Crippen LogP contribution in [0.3, 0.4) is 0 Å². The maximum Gasteiger partial charge on any atom is 0.115 e. The average Bonchev–Trinajstić information content (AvgIpc) is 2.93. The molecule has 2 aromatic carbocycles. The highest BCUT2D eigenvalue weighted by Crippen LogP contribution is 2.53. The van der Waals surface area contributed by atoms with Crippen LogP contribution in [0.15, 0.2) is 36.4 Å². The quantitative estimate of drug-likeness (QED) is 0.755. The lowest BCUT2D eigenvalue weighted by Crippen LogP contribution is -2.20. The monoisotopic (exact) mass is 252 g/mol. The number of rotatable bonds is 0. The maximum absolute atomic E-state index is 9.63. The Balaban J connectivity index is 1.92. The van der Waals surface area contributed by atoms with Crippen molar-refractivity contribution in [3.8, 4) is 11.5 Å². The normalized spacial score (nSPS) is 18.5. The fourth-order valence-electron chi connectivity index (χ4n) is 4.01. The summed E-state index contributed by atoms with van der Waals surface area (Å²) in [6.45, 7) is 0. The maximum atomic E-state index is 9.63. The van der Waals surface area contributed by atoms with Crippen molar-refractivity contribution in [2.24, 2.45) is 0 Å². The number of aryl methyl sites for hydroxylation is 2. The fourth-order valence-corrected chi connectivity index (χ4v) is 4.01. The van der Waals surface area contributed by atoms with E-state index in [4.69, 9.17) is 0 Å². The molecular weight excluding hydrogens is 236 g/mol. The van der Waals surface area contributed by atoms with E-state index in [9.17, 15) is 10.2 Å². The molecule has 2 nitrogen and oxygen atoms in total. The molecule has 4 rings (SSSR count). The second kappa shape index (κ2) is 3.53. The first-order valence-corrected chi connectivity index (χ1v) is 6.84. The van der Waals surface area contributed by atoms with Gasteiger partial charge in [-0.2, -0.15) is 0 Å². The zero-order valence-electron chi connectivity index (χ0n) is 10.7. The summed E-state index contributed by atoms with van der Waals surface area (Å²) in [5.41, 5.74) is 5.41. The van der Waals surface area contributed by atoms with Crippen molar-refractivity contribution in [2.45, 2.75) is 31.1 Å². The number of fused-ring (bicyclic) bond motifs is 4. The summed E-state index contributed by atoms with van der Waals surface area (Å²) in [7, 11) is 0. The van der Waals surface area contributed by atoms with Crippen molar-refractivity contribution in [3.05, 3.63) is 58.7 Å². The Morgan fingerprint density at radius 3 is 1.68 bits per heavy atom. The van der Waals surface area contributed by atoms with Gasteiger partial charge in [-0.15, -0.1) is 0 Å². The molecule has 2 aliphatic carbocycles. The minimum absolute atomic E-state index is 0.117. The van der Waals surface area contributed by atoms with Crippen LogP contribution in [-0.4, -0.2) is 10.2 Å². The van der Waals surface area contributed by atoms with Gasteiger partial charge in [-0.3, -0.25) is 0 Å². The Kier molecular flexibility index (Phi) is 2.03. The van der Waals surface area contributed by atoms with Gasteiger partial charge in [-0.1, -0.05) is 12.1 Å². The Morgan fingerprint density at radius 1 is 0.737 bits per heavy atom. The summed E-state index contributed by atoms with van der Waals surface area (Å²) in [6, 6.07) is 11.6. The number of benzene rings is 2. The van der Waals surface area contributed by atoms with Gasteiger partial charge in [-0.05, 0) is 72.2 Å². The molecule has 96 valence electrons. The molecule has 0 fully saturated rings. The zero-order chi connectivity index (χ0) is 13.0. The number of hydrogen-bond donors (Lipinski definition) is 2. The second-order valence-corrected chi connectivity index (χ2v) is 5.77.